The van der Waals surface area contributed by atoms with Gasteiger partial charge in [-0.05, 0) is 37.5 Å². The van der Waals surface area contributed by atoms with E-state index in [1.54, 1.807) is 19.2 Å². The molecule has 1 amide bonds. The molecule has 0 unspecified atom stereocenters. The lowest BCUT2D eigenvalue weighted by Gasteiger charge is -2.14. The molecular weight excluding hydrogens is 428 g/mol. The Balaban J connectivity index is 1.37. The van der Waals surface area contributed by atoms with E-state index in [9.17, 15) is 9.90 Å². The number of aliphatic hydroxyl groups excluding tert-OH is 1. The molecule has 170 valence electrons. The third kappa shape index (κ3) is 5.11. The predicted molar refractivity (Wildman–Crippen MR) is 125 cm³/mol. The van der Waals surface area contributed by atoms with Gasteiger partial charge in [-0.15, -0.1) is 11.3 Å². The number of carbonyl (C=O) groups excluding carboxylic acids is 1. The van der Waals surface area contributed by atoms with E-state index in [0.29, 0.717) is 22.4 Å². The molecule has 1 saturated carbocycles. The smallest absolute Gasteiger partial charge is 0.261 e. The summed E-state index contributed by atoms with van der Waals surface area (Å²) >= 11 is 1.34. The van der Waals surface area contributed by atoms with Gasteiger partial charge >= 0.3 is 0 Å². The lowest BCUT2D eigenvalue weighted by atomic mass is 10.1. The van der Waals surface area contributed by atoms with Crippen molar-refractivity contribution in [3.63, 3.8) is 0 Å². The van der Waals surface area contributed by atoms with Gasteiger partial charge in [0.1, 0.15) is 41.2 Å². The van der Waals surface area contributed by atoms with Crippen molar-refractivity contribution < 1.29 is 19.4 Å². The number of aryl methyl sites for hydroxylation is 1. The lowest BCUT2D eigenvalue weighted by Crippen LogP contribution is -2.35. The van der Waals surface area contributed by atoms with Gasteiger partial charge in [-0.3, -0.25) is 4.79 Å². The van der Waals surface area contributed by atoms with Crippen molar-refractivity contribution in [1.82, 2.24) is 15.3 Å². The first kappa shape index (κ1) is 22.3. The van der Waals surface area contributed by atoms with Crippen LogP contribution in [0.1, 0.15) is 40.9 Å². The Morgan fingerprint density at radius 2 is 2.06 bits per heavy atom. The molecule has 0 aliphatic heterocycles. The second kappa shape index (κ2) is 10.1. The number of hydrogen-bond donors (Lipinski definition) is 3. The molecule has 2 heterocycles. The van der Waals surface area contributed by atoms with Crippen LogP contribution in [0.4, 0.5) is 5.82 Å². The molecule has 1 atom stereocenters. The number of anilines is 1. The maximum atomic E-state index is 12.8. The molecule has 3 aromatic rings. The lowest BCUT2D eigenvalue weighted by molar-refractivity contribution is 0.0846. The Morgan fingerprint density at radius 1 is 1.28 bits per heavy atom. The van der Waals surface area contributed by atoms with Gasteiger partial charge in [0.05, 0.1) is 17.4 Å². The van der Waals surface area contributed by atoms with Gasteiger partial charge in [-0.25, -0.2) is 9.97 Å². The van der Waals surface area contributed by atoms with E-state index in [2.05, 4.69) is 20.6 Å². The third-order valence-electron chi connectivity index (χ3n) is 5.61. The molecular formula is C23H28N4O4S. The summed E-state index contributed by atoms with van der Waals surface area (Å²) in [4.78, 5) is 23.0. The highest BCUT2D eigenvalue weighted by Gasteiger charge is 2.22. The standard InChI is InChI=1S/C23H28N4O4S/c1-14-19-21(27-15-6-3-4-7-15)25-13-26-23(19)32-20(14)22(29)24-11-16(28)12-31-18-9-5-8-17(10-18)30-2/h5,8-10,13,15-16,28H,3-4,6-7,11-12H2,1-2H3,(H,24,29)(H,25,26,27)/t16-/m1/s1. The zero-order valence-corrected chi connectivity index (χ0v) is 19.1. The van der Waals surface area contributed by atoms with Crippen LogP contribution in [-0.4, -0.2) is 53.4 Å². The Hall–Kier alpha value is -2.91. The molecule has 1 aliphatic rings. The SMILES string of the molecule is COc1cccc(OC[C@H](O)CNC(=O)c2sc3ncnc(NC4CCCC4)c3c2C)c1. The largest absolute Gasteiger partial charge is 0.497 e. The highest BCUT2D eigenvalue weighted by atomic mass is 32.1. The first-order valence-corrected chi connectivity index (χ1v) is 11.6. The highest BCUT2D eigenvalue weighted by Crippen LogP contribution is 2.34. The van der Waals surface area contributed by atoms with E-state index < -0.39 is 6.10 Å². The van der Waals surface area contributed by atoms with E-state index in [0.717, 1.165) is 34.4 Å². The van der Waals surface area contributed by atoms with Gasteiger partial charge in [0.2, 0.25) is 0 Å². The molecule has 9 heteroatoms. The number of methoxy groups -OCH3 is 1. The molecule has 0 spiro atoms. The summed E-state index contributed by atoms with van der Waals surface area (Å²) in [7, 11) is 1.58. The fourth-order valence-electron chi connectivity index (χ4n) is 3.89. The fourth-order valence-corrected chi connectivity index (χ4v) is 4.96. The Bertz CT molecular complexity index is 1080. The number of nitrogens with zero attached hydrogens (tertiary/aromatic N) is 2. The van der Waals surface area contributed by atoms with Crippen LogP contribution < -0.4 is 20.1 Å². The molecule has 0 radical (unpaired) electrons. The number of ether oxygens (including phenoxy) is 2. The second-order valence-corrected chi connectivity index (χ2v) is 8.94. The van der Waals surface area contributed by atoms with Crippen LogP contribution in [0.5, 0.6) is 11.5 Å². The molecule has 0 bridgehead atoms. The summed E-state index contributed by atoms with van der Waals surface area (Å²) in [5.41, 5.74) is 0.853. The number of benzene rings is 1. The number of carbonyl (C=O) groups is 1. The molecule has 4 rings (SSSR count). The van der Waals surface area contributed by atoms with E-state index in [1.165, 1.54) is 30.5 Å². The highest BCUT2D eigenvalue weighted by molar-refractivity contribution is 7.20. The van der Waals surface area contributed by atoms with Gasteiger partial charge in [0.25, 0.3) is 5.91 Å². The van der Waals surface area contributed by atoms with Crippen molar-refractivity contribution in [3.05, 3.63) is 41.0 Å². The number of amides is 1. The van der Waals surface area contributed by atoms with Crippen LogP contribution in [0.3, 0.4) is 0 Å². The second-order valence-electron chi connectivity index (χ2n) is 7.94. The molecule has 1 aromatic carbocycles. The number of aliphatic hydroxyl groups is 1. The first-order valence-electron chi connectivity index (χ1n) is 10.8. The van der Waals surface area contributed by atoms with Gasteiger partial charge in [0, 0.05) is 18.7 Å². The van der Waals surface area contributed by atoms with Gasteiger partial charge in [-0.2, -0.15) is 0 Å². The monoisotopic (exact) mass is 456 g/mol. The van der Waals surface area contributed by atoms with Crippen molar-refractivity contribution >= 4 is 33.3 Å². The van der Waals surface area contributed by atoms with Crippen molar-refractivity contribution in [2.45, 2.75) is 44.8 Å². The van der Waals surface area contributed by atoms with Crippen LogP contribution in [0.15, 0.2) is 30.6 Å². The van der Waals surface area contributed by atoms with Crippen molar-refractivity contribution in [2.24, 2.45) is 0 Å². The van der Waals surface area contributed by atoms with Crippen molar-refractivity contribution in [3.8, 4) is 11.5 Å². The Labute approximate surface area is 191 Å². The Morgan fingerprint density at radius 3 is 2.84 bits per heavy atom. The van der Waals surface area contributed by atoms with Crippen LogP contribution in [0.2, 0.25) is 0 Å². The third-order valence-corrected chi connectivity index (χ3v) is 6.81. The summed E-state index contributed by atoms with van der Waals surface area (Å²) in [6, 6.07) is 7.57. The van der Waals surface area contributed by atoms with Gasteiger partial charge in [-0.1, -0.05) is 18.9 Å². The number of aromatic nitrogens is 2. The number of thiophene rings is 1. The maximum absolute atomic E-state index is 12.8. The topological polar surface area (TPSA) is 106 Å². The average molecular weight is 457 g/mol. The Kier molecular flexibility index (Phi) is 7.06. The zero-order valence-electron chi connectivity index (χ0n) is 18.3. The number of nitrogens with one attached hydrogen (secondary N) is 2. The van der Waals surface area contributed by atoms with E-state index >= 15 is 0 Å². The maximum Gasteiger partial charge on any atom is 0.261 e. The summed E-state index contributed by atoms with van der Waals surface area (Å²) < 4.78 is 10.8. The van der Waals surface area contributed by atoms with Crippen molar-refractivity contribution in [1.29, 1.82) is 0 Å². The zero-order chi connectivity index (χ0) is 22.5. The summed E-state index contributed by atoms with van der Waals surface area (Å²) in [5.74, 6) is 1.82. The van der Waals surface area contributed by atoms with Crippen LogP contribution in [0.25, 0.3) is 10.2 Å². The first-order chi connectivity index (χ1) is 15.5. The summed E-state index contributed by atoms with van der Waals surface area (Å²) in [6.45, 7) is 2.05. The molecule has 2 aromatic heterocycles. The van der Waals surface area contributed by atoms with Crippen LogP contribution >= 0.6 is 11.3 Å². The van der Waals surface area contributed by atoms with E-state index in [4.69, 9.17) is 9.47 Å². The van der Waals surface area contributed by atoms with Crippen LogP contribution in [-0.2, 0) is 0 Å². The quantitative estimate of drug-likeness (QED) is 0.452. The van der Waals surface area contributed by atoms with Crippen LogP contribution in [0, 0.1) is 6.92 Å². The van der Waals surface area contributed by atoms with E-state index in [-0.39, 0.29) is 19.1 Å². The van der Waals surface area contributed by atoms with E-state index in [1.807, 2.05) is 19.1 Å². The molecule has 1 fully saturated rings. The molecule has 0 saturated heterocycles. The van der Waals surface area contributed by atoms with Gasteiger partial charge in [0.15, 0.2) is 0 Å². The number of fused-ring (bicyclic) bond motifs is 1. The molecule has 8 nitrogen and oxygen atoms in total. The average Bonchev–Trinajstić information content (AvgIpc) is 3.44. The summed E-state index contributed by atoms with van der Waals surface area (Å²) in [5, 5.41) is 17.5. The van der Waals surface area contributed by atoms with Gasteiger partial charge < -0.3 is 25.2 Å². The normalized spacial score (nSPS) is 15.0. The number of hydrogen-bond acceptors (Lipinski definition) is 8. The summed E-state index contributed by atoms with van der Waals surface area (Å²) in [6.07, 6.45) is 5.42. The number of rotatable bonds is 9. The molecule has 3 N–H and O–H groups in total. The predicted octanol–water partition coefficient (Wildman–Crippen LogP) is 3.53. The molecule has 1 aliphatic carbocycles. The minimum absolute atomic E-state index is 0.0553. The fraction of sp³-hybridized carbons (Fsp3) is 0.435. The van der Waals surface area contributed by atoms with Crippen molar-refractivity contribution in [2.75, 3.05) is 25.6 Å². The minimum Gasteiger partial charge on any atom is -0.497 e. The molecule has 32 heavy (non-hydrogen) atoms. The minimum atomic E-state index is -0.848.